The molecule has 0 unspecified atom stereocenters. The summed E-state index contributed by atoms with van der Waals surface area (Å²) >= 11 is 0. The minimum absolute atomic E-state index is 0.0109. The van der Waals surface area contributed by atoms with Crippen molar-refractivity contribution in [2.45, 2.75) is 101 Å². The van der Waals surface area contributed by atoms with E-state index in [1.807, 2.05) is 36.0 Å². The number of Topliss-reactive ketones (excluding diaryl/α,β-unsaturated/α-hetero) is 1. The number of ether oxygens (including phenoxy) is 1. The Morgan fingerprint density at radius 3 is 2.52 bits per heavy atom. The molecule has 2 aromatic heterocycles. The lowest BCUT2D eigenvalue weighted by molar-refractivity contribution is -0.147. The number of likely N-dealkylation sites (tertiary alicyclic amines) is 1. The highest BCUT2D eigenvalue weighted by atomic mass is 16.5. The number of rotatable bonds is 11. The third-order valence-corrected chi connectivity index (χ3v) is 10.9. The molecule has 52 heavy (non-hydrogen) atoms. The van der Waals surface area contributed by atoms with Crippen molar-refractivity contribution >= 4 is 46.1 Å². The Kier molecular flexibility index (Phi) is 10.7. The van der Waals surface area contributed by atoms with Gasteiger partial charge in [-0.05, 0) is 44.4 Å². The number of primary amides is 1. The molecule has 1 aromatic carbocycles. The average Bonchev–Trinajstić information content (AvgIpc) is 3.87. The number of nitrogens with one attached hydrogen (secondary N) is 3. The first kappa shape index (κ1) is 36.9. The van der Waals surface area contributed by atoms with Crippen molar-refractivity contribution in [3.8, 4) is 0 Å². The second-order valence-corrected chi connectivity index (χ2v) is 15.0. The predicted molar refractivity (Wildman–Crippen MR) is 190 cm³/mol. The molecule has 3 aliphatic rings. The lowest BCUT2D eigenvalue weighted by atomic mass is 9.84. The Morgan fingerprint density at radius 2 is 1.83 bits per heavy atom. The highest BCUT2D eigenvalue weighted by Gasteiger charge is 2.49. The van der Waals surface area contributed by atoms with Crippen LogP contribution < -0.4 is 21.7 Å². The van der Waals surface area contributed by atoms with Crippen LogP contribution in [0.25, 0.3) is 10.9 Å². The van der Waals surface area contributed by atoms with Crippen molar-refractivity contribution in [2.75, 3.05) is 25.1 Å². The second-order valence-electron chi connectivity index (χ2n) is 15.0. The summed E-state index contributed by atoms with van der Waals surface area (Å²) in [4.78, 5) is 69.5. The zero-order valence-corrected chi connectivity index (χ0v) is 30.0. The second kappa shape index (κ2) is 15.0. The van der Waals surface area contributed by atoms with Crippen molar-refractivity contribution in [3.63, 3.8) is 0 Å². The molecule has 3 fully saturated rings. The number of carbonyl (C=O) groups is 5. The zero-order chi connectivity index (χ0) is 37.2. The van der Waals surface area contributed by atoms with E-state index < -0.39 is 58.8 Å². The maximum Gasteiger partial charge on any atom is 0.319 e. The number of fused-ring (bicyclic) bond motifs is 1. The molecule has 2 aliphatic heterocycles. The standard InChI is InChI=1S/C36H49N9O7/c1-35(2,51)29-20-38-42-45(29)23-19-28(32(48)41-36(30(46)31(37)47)13-16-52-17-14-36)44(21-23)33(49)26(18-22-8-5-4-6-9-22)40-34(50)39-25-10-7-11-27-24(25)12-15-43(27)3/h7,10-12,15,20,22-23,26,28,51H,4-6,8-9,13-14,16-19,21H2,1-3H3,(H2,37,47)(H,41,48)(H2,39,40,50)/t23-,26+,28-/m0/s1. The molecule has 3 aromatic rings. The van der Waals surface area contributed by atoms with Gasteiger partial charge in [0.25, 0.3) is 5.91 Å². The Labute approximate surface area is 301 Å². The molecule has 16 heteroatoms. The van der Waals surface area contributed by atoms with Gasteiger partial charge in [-0.2, -0.15) is 0 Å². The largest absolute Gasteiger partial charge is 0.384 e. The Hall–Kier alpha value is -4.83. The molecule has 2 saturated heterocycles. The smallest absolute Gasteiger partial charge is 0.319 e. The van der Waals surface area contributed by atoms with Crippen molar-refractivity contribution < 1.29 is 33.8 Å². The summed E-state index contributed by atoms with van der Waals surface area (Å²) in [6.07, 6.45) is 8.84. The first-order valence-corrected chi connectivity index (χ1v) is 18.1. The number of aromatic nitrogens is 4. The van der Waals surface area contributed by atoms with Gasteiger partial charge in [0.15, 0.2) is 0 Å². The number of hydrogen-bond donors (Lipinski definition) is 5. The fraction of sp³-hybridized carbons (Fsp3) is 0.583. The summed E-state index contributed by atoms with van der Waals surface area (Å²) in [7, 11) is 1.92. The van der Waals surface area contributed by atoms with Gasteiger partial charge in [0, 0.05) is 63.2 Å². The molecule has 280 valence electrons. The van der Waals surface area contributed by atoms with Gasteiger partial charge in [-0.3, -0.25) is 19.2 Å². The number of benzene rings is 1. The summed E-state index contributed by atoms with van der Waals surface area (Å²) in [6.45, 7) is 3.45. The summed E-state index contributed by atoms with van der Waals surface area (Å²) in [5.41, 5.74) is 4.42. The van der Waals surface area contributed by atoms with E-state index in [4.69, 9.17) is 10.5 Å². The van der Waals surface area contributed by atoms with Gasteiger partial charge in [0.2, 0.25) is 17.6 Å². The summed E-state index contributed by atoms with van der Waals surface area (Å²) < 4.78 is 8.89. The van der Waals surface area contributed by atoms with E-state index >= 15 is 0 Å². The SMILES string of the molecule is Cn1ccc2c(NC(=O)N[C@H](CC3CCCCC3)C(=O)N3C[C@@H](n4nncc4C(C)(C)O)C[C@H]3C(=O)NC3(C(=O)C(N)=O)CCOCC3)cccc21. The molecule has 1 saturated carbocycles. The molecule has 0 spiro atoms. The van der Waals surface area contributed by atoms with Crippen molar-refractivity contribution in [1.82, 2.24) is 35.1 Å². The molecular formula is C36H49N9O7. The highest BCUT2D eigenvalue weighted by Crippen LogP contribution is 2.34. The van der Waals surface area contributed by atoms with Crippen LogP contribution in [0.4, 0.5) is 10.5 Å². The molecule has 16 nitrogen and oxygen atoms in total. The number of hydrogen-bond acceptors (Lipinski definition) is 9. The van der Waals surface area contributed by atoms with Crippen molar-refractivity contribution in [2.24, 2.45) is 18.7 Å². The number of anilines is 1. The van der Waals surface area contributed by atoms with Crippen LogP contribution in [0, 0.1) is 5.92 Å². The van der Waals surface area contributed by atoms with E-state index in [2.05, 4.69) is 26.3 Å². The van der Waals surface area contributed by atoms with Gasteiger partial charge >= 0.3 is 6.03 Å². The number of nitrogens with two attached hydrogens (primary N) is 1. The van der Waals surface area contributed by atoms with Gasteiger partial charge in [-0.1, -0.05) is 43.4 Å². The maximum atomic E-state index is 14.8. The number of aliphatic hydroxyl groups is 1. The number of aryl methyl sites for hydroxylation is 1. The van der Waals surface area contributed by atoms with Crippen LogP contribution in [0.5, 0.6) is 0 Å². The third kappa shape index (κ3) is 7.67. The average molecular weight is 720 g/mol. The fourth-order valence-electron chi connectivity index (χ4n) is 8.02. The number of urea groups is 1. The van der Waals surface area contributed by atoms with Crippen LogP contribution in [0.1, 0.15) is 83.4 Å². The van der Waals surface area contributed by atoms with Crippen LogP contribution in [0.15, 0.2) is 36.7 Å². The molecular weight excluding hydrogens is 670 g/mol. The van der Waals surface area contributed by atoms with E-state index in [1.165, 1.54) is 15.8 Å². The zero-order valence-electron chi connectivity index (χ0n) is 30.0. The molecule has 0 radical (unpaired) electrons. The molecule has 6 N–H and O–H groups in total. The summed E-state index contributed by atoms with van der Waals surface area (Å²) in [6, 6.07) is 4.25. The quantitative estimate of drug-likeness (QED) is 0.183. The molecule has 3 atom stereocenters. The van der Waals surface area contributed by atoms with Crippen LogP contribution in [-0.2, 0) is 36.6 Å². The topological polar surface area (TPSA) is 216 Å². The van der Waals surface area contributed by atoms with Gasteiger partial charge in [-0.25, -0.2) is 9.48 Å². The minimum Gasteiger partial charge on any atom is -0.384 e. The minimum atomic E-state index is -1.59. The monoisotopic (exact) mass is 719 g/mol. The molecule has 0 bridgehead atoms. The van der Waals surface area contributed by atoms with E-state index in [1.54, 1.807) is 19.9 Å². The lowest BCUT2D eigenvalue weighted by Gasteiger charge is -2.37. The maximum absolute atomic E-state index is 14.8. The van der Waals surface area contributed by atoms with Crippen LogP contribution >= 0.6 is 0 Å². The van der Waals surface area contributed by atoms with Gasteiger partial charge in [0.05, 0.1) is 23.6 Å². The number of ketones is 1. The van der Waals surface area contributed by atoms with Crippen LogP contribution in [0.2, 0.25) is 0 Å². The first-order chi connectivity index (χ1) is 24.8. The molecule has 5 amide bonds. The Bertz CT molecular complexity index is 1820. The Morgan fingerprint density at radius 1 is 1.10 bits per heavy atom. The number of amides is 5. The van der Waals surface area contributed by atoms with Crippen molar-refractivity contribution in [3.05, 3.63) is 42.4 Å². The van der Waals surface area contributed by atoms with Gasteiger partial charge in [0.1, 0.15) is 23.2 Å². The molecule has 6 rings (SSSR count). The highest BCUT2D eigenvalue weighted by molar-refractivity contribution is 6.39. The van der Waals surface area contributed by atoms with E-state index in [-0.39, 0.29) is 44.9 Å². The number of nitrogens with zero attached hydrogens (tertiary/aromatic N) is 5. The Balaban J connectivity index is 1.31. The number of carbonyl (C=O) groups excluding carboxylic acids is 5. The fourth-order valence-corrected chi connectivity index (χ4v) is 8.02. The van der Waals surface area contributed by atoms with Crippen molar-refractivity contribution in [1.29, 1.82) is 0 Å². The van der Waals surface area contributed by atoms with E-state index in [9.17, 15) is 29.1 Å². The van der Waals surface area contributed by atoms with Crippen LogP contribution in [0.3, 0.4) is 0 Å². The third-order valence-electron chi connectivity index (χ3n) is 10.9. The molecule has 4 heterocycles. The normalized spacial score (nSPS) is 21.4. The van der Waals surface area contributed by atoms with E-state index in [0.717, 1.165) is 43.0 Å². The van der Waals surface area contributed by atoms with Crippen LogP contribution in [-0.4, -0.2) is 96.5 Å². The summed E-state index contributed by atoms with van der Waals surface area (Å²) in [5.74, 6) is -3.03. The predicted octanol–water partition coefficient (Wildman–Crippen LogP) is 2.02. The van der Waals surface area contributed by atoms with Gasteiger partial charge in [-0.15, -0.1) is 5.10 Å². The molecule has 1 aliphatic carbocycles. The van der Waals surface area contributed by atoms with Gasteiger partial charge < -0.3 is 41.0 Å². The first-order valence-electron chi connectivity index (χ1n) is 18.1. The lowest BCUT2D eigenvalue weighted by Crippen LogP contribution is -2.64. The van der Waals surface area contributed by atoms with E-state index in [0.29, 0.717) is 17.8 Å². The summed E-state index contributed by atoms with van der Waals surface area (Å²) in [5, 5.41) is 28.6.